The summed E-state index contributed by atoms with van der Waals surface area (Å²) < 4.78 is 4.79. The molecular formula is C8H5Cl2NO3. The Bertz CT molecular complexity index is 408. The molecule has 0 radical (unpaired) electrons. The van der Waals surface area contributed by atoms with Crippen LogP contribution in [0.3, 0.4) is 0 Å². The smallest absolute Gasteiger partial charge is 0.408 e. The summed E-state index contributed by atoms with van der Waals surface area (Å²) in [5, 5.41) is 12.2. The molecule has 1 aliphatic rings. The molecule has 0 fully saturated rings. The summed E-state index contributed by atoms with van der Waals surface area (Å²) >= 11 is 11.5. The molecule has 1 heterocycles. The molecule has 0 unspecified atom stereocenters. The van der Waals surface area contributed by atoms with Gasteiger partial charge in [-0.25, -0.2) is 4.79 Å². The van der Waals surface area contributed by atoms with Gasteiger partial charge in [0.25, 0.3) is 0 Å². The second kappa shape index (κ2) is 3.31. The van der Waals surface area contributed by atoms with E-state index in [2.05, 4.69) is 5.32 Å². The lowest BCUT2D eigenvalue weighted by Crippen LogP contribution is -2.35. The standard InChI is InChI=1S/C8H5Cl2NO3/c9-3-1-4-6(5(10)2-3)14-8(13)11-7(4)12/h1-2,7,12H,(H,11,13)/t7-/m1/s1. The molecule has 1 aromatic rings. The summed E-state index contributed by atoms with van der Waals surface area (Å²) in [5.41, 5.74) is 0.349. The lowest BCUT2D eigenvalue weighted by Gasteiger charge is -2.22. The van der Waals surface area contributed by atoms with Crippen molar-refractivity contribution in [1.82, 2.24) is 5.32 Å². The van der Waals surface area contributed by atoms with Crippen LogP contribution in [0.15, 0.2) is 12.1 Å². The van der Waals surface area contributed by atoms with Gasteiger partial charge in [0.1, 0.15) is 0 Å². The summed E-state index contributed by atoms with van der Waals surface area (Å²) in [6.45, 7) is 0. The maximum Gasteiger partial charge on any atom is 0.414 e. The lowest BCUT2D eigenvalue weighted by atomic mass is 10.1. The van der Waals surface area contributed by atoms with Crippen molar-refractivity contribution in [3.63, 3.8) is 0 Å². The minimum atomic E-state index is -1.14. The van der Waals surface area contributed by atoms with Crippen LogP contribution in [0.1, 0.15) is 11.8 Å². The van der Waals surface area contributed by atoms with Gasteiger partial charge in [-0.05, 0) is 12.1 Å². The monoisotopic (exact) mass is 233 g/mol. The van der Waals surface area contributed by atoms with Crippen LogP contribution in [-0.4, -0.2) is 11.2 Å². The number of fused-ring (bicyclic) bond motifs is 1. The number of carbonyl (C=O) groups excluding carboxylic acids is 1. The minimum absolute atomic E-state index is 0.146. The van der Waals surface area contributed by atoms with Crippen molar-refractivity contribution in [3.8, 4) is 5.75 Å². The number of rotatable bonds is 0. The molecule has 2 rings (SSSR count). The van der Waals surface area contributed by atoms with Crippen molar-refractivity contribution in [2.45, 2.75) is 6.23 Å². The Labute approximate surface area is 89.4 Å². The number of benzene rings is 1. The second-order valence-corrected chi connectivity index (χ2v) is 3.59. The summed E-state index contributed by atoms with van der Waals surface area (Å²) in [5.74, 6) is 0.146. The van der Waals surface area contributed by atoms with Crippen LogP contribution in [-0.2, 0) is 0 Å². The summed E-state index contributed by atoms with van der Waals surface area (Å²) in [4.78, 5) is 10.9. The quantitative estimate of drug-likeness (QED) is 0.722. The van der Waals surface area contributed by atoms with Gasteiger partial charge in [0.2, 0.25) is 0 Å². The van der Waals surface area contributed by atoms with Crippen LogP contribution in [0.2, 0.25) is 10.0 Å². The molecular weight excluding hydrogens is 229 g/mol. The van der Waals surface area contributed by atoms with Gasteiger partial charge in [-0.1, -0.05) is 23.2 Å². The van der Waals surface area contributed by atoms with Crippen LogP contribution in [0.4, 0.5) is 4.79 Å². The fraction of sp³-hybridized carbons (Fsp3) is 0.125. The third kappa shape index (κ3) is 1.52. The van der Waals surface area contributed by atoms with Crippen LogP contribution < -0.4 is 10.1 Å². The third-order valence-electron chi connectivity index (χ3n) is 1.78. The van der Waals surface area contributed by atoms with Gasteiger partial charge in [-0.15, -0.1) is 0 Å². The van der Waals surface area contributed by atoms with Crippen molar-refractivity contribution >= 4 is 29.3 Å². The maximum absolute atomic E-state index is 10.9. The van der Waals surface area contributed by atoms with Crippen molar-refractivity contribution in [2.75, 3.05) is 0 Å². The zero-order chi connectivity index (χ0) is 10.3. The van der Waals surface area contributed by atoms with Crippen molar-refractivity contribution in [2.24, 2.45) is 0 Å². The molecule has 1 aromatic carbocycles. The molecule has 1 atom stereocenters. The molecule has 1 aliphatic heterocycles. The van der Waals surface area contributed by atoms with Gasteiger partial charge in [0.05, 0.1) is 5.02 Å². The zero-order valence-corrected chi connectivity index (χ0v) is 8.26. The maximum atomic E-state index is 10.9. The van der Waals surface area contributed by atoms with Gasteiger partial charge in [-0.3, -0.25) is 5.32 Å². The molecule has 74 valence electrons. The van der Waals surface area contributed by atoms with Crippen molar-refractivity contribution in [3.05, 3.63) is 27.7 Å². The predicted octanol–water partition coefficient (Wildman–Crippen LogP) is 2.09. The number of amides is 1. The highest BCUT2D eigenvalue weighted by atomic mass is 35.5. The Hall–Kier alpha value is -0.970. The first-order valence-corrected chi connectivity index (χ1v) is 4.49. The normalized spacial score (nSPS) is 19.6. The lowest BCUT2D eigenvalue weighted by molar-refractivity contribution is 0.109. The Kier molecular flexibility index (Phi) is 2.26. The molecule has 0 bridgehead atoms. The first kappa shape index (κ1) is 9.58. The minimum Gasteiger partial charge on any atom is -0.408 e. The van der Waals surface area contributed by atoms with E-state index in [0.29, 0.717) is 10.6 Å². The molecule has 0 spiro atoms. The number of nitrogens with one attached hydrogen (secondary N) is 1. The van der Waals surface area contributed by atoms with Crippen LogP contribution >= 0.6 is 23.2 Å². The SMILES string of the molecule is O=C1N[C@H](O)c2cc(Cl)cc(Cl)c2O1. The van der Waals surface area contributed by atoms with E-state index < -0.39 is 12.3 Å². The van der Waals surface area contributed by atoms with E-state index in [0.717, 1.165) is 0 Å². The molecule has 1 amide bonds. The van der Waals surface area contributed by atoms with Gasteiger partial charge in [-0.2, -0.15) is 0 Å². The number of hydrogen-bond acceptors (Lipinski definition) is 3. The molecule has 6 heteroatoms. The third-order valence-corrected chi connectivity index (χ3v) is 2.28. The zero-order valence-electron chi connectivity index (χ0n) is 6.75. The topological polar surface area (TPSA) is 58.6 Å². The molecule has 4 nitrogen and oxygen atoms in total. The summed E-state index contributed by atoms with van der Waals surface area (Å²) in [6, 6.07) is 2.92. The fourth-order valence-corrected chi connectivity index (χ4v) is 1.75. The molecule has 2 N–H and O–H groups in total. The molecule has 14 heavy (non-hydrogen) atoms. The van der Waals surface area contributed by atoms with Crippen LogP contribution in [0, 0.1) is 0 Å². The van der Waals surface area contributed by atoms with E-state index in [4.69, 9.17) is 27.9 Å². The van der Waals surface area contributed by atoms with Crippen LogP contribution in [0.25, 0.3) is 0 Å². The van der Waals surface area contributed by atoms with Gasteiger partial charge >= 0.3 is 6.09 Å². The van der Waals surface area contributed by atoms with E-state index in [1.54, 1.807) is 0 Å². The Morgan fingerprint density at radius 2 is 2.14 bits per heavy atom. The number of halogens is 2. The molecule has 0 saturated carbocycles. The highest BCUT2D eigenvalue weighted by Gasteiger charge is 2.26. The highest BCUT2D eigenvalue weighted by Crippen LogP contribution is 2.37. The van der Waals surface area contributed by atoms with Crippen molar-refractivity contribution < 1.29 is 14.6 Å². The Morgan fingerprint density at radius 3 is 2.86 bits per heavy atom. The number of ether oxygens (including phenoxy) is 1. The summed E-state index contributed by atoms with van der Waals surface area (Å²) in [7, 11) is 0. The Balaban J connectivity index is 2.58. The molecule has 0 aromatic heterocycles. The average molecular weight is 234 g/mol. The second-order valence-electron chi connectivity index (χ2n) is 2.74. The predicted molar refractivity (Wildman–Crippen MR) is 50.6 cm³/mol. The highest BCUT2D eigenvalue weighted by molar-refractivity contribution is 6.35. The van der Waals surface area contributed by atoms with Crippen molar-refractivity contribution in [1.29, 1.82) is 0 Å². The van der Waals surface area contributed by atoms with E-state index in [1.165, 1.54) is 12.1 Å². The van der Waals surface area contributed by atoms with E-state index in [1.807, 2.05) is 0 Å². The average Bonchev–Trinajstić information content (AvgIpc) is 2.07. The van der Waals surface area contributed by atoms with Crippen LogP contribution in [0.5, 0.6) is 5.75 Å². The Morgan fingerprint density at radius 1 is 1.43 bits per heavy atom. The van der Waals surface area contributed by atoms with E-state index >= 15 is 0 Å². The van der Waals surface area contributed by atoms with E-state index in [9.17, 15) is 9.90 Å². The largest absolute Gasteiger partial charge is 0.414 e. The molecule has 0 aliphatic carbocycles. The number of hydrogen-bond donors (Lipinski definition) is 2. The fourth-order valence-electron chi connectivity index (χ4n) is 1.20. The first-order valence-electron chi connectivity index (χ1n) is 3.73. The van der Waals surface area contributed by atoms with Gasteiger partial charge in [0.15, 0.2) is 12.0 Å². The summed E-state index contributed by atoms with van der Waals surface area (Å²) in [6.07, 6.45) is -1.88. The van der Waals surface area contributed by atoms with Gasteiger partial charge < -0.3 is 9.84 Å². The number of aliphatic hydroxyl groups excluding tert-OH is 1. The molecule has 0 saturated heterocycles. The number of aliphatic hydroxyl groups is 1. The van der Waals surface area contributed by atoms with Gasteiger partial charge in [0, 0.05) is 10.6 Å². The first-order chi connectivity index (χ1) is 6.58. The number of carbonyl (C=O) groups is 1. The van der Waals surface area contributed by atoms with E-state index in [-0.39, 0.29) is 10.8 Å².